The minimum absolute atomic E-state index is 0.0151. The summed E-state index contributed by atoms with van der Waals surface area (Å²) in [6.07, 6.45) is 0. The molecule has 0 saturated heterocycles. The molecule has 2 aromatic rings. The summed E-state index contributed by atoms with van der Waals surface area (Å²) in [5.41, 5.74) is 1.87. The Balaban J connectivity index is 1.87. The number of hydrogen-bond donors (Lipinski definition) is 0. The Bertz CT molecular complexity index is 628. The van der Waals surface area contributed by atoms with Crippen molar-refractivity contribution in [2.24, 2.45) is 0 Å². The standard InChI is InChI=1S/C17H18INO2/c1-13-5-3-8-16(11-13)21-10-9-19(2)17(20)14-6-4-7-15(18)12-14/h3-8,11-12H,9-10H2,1-2H3. The monoisotopic (exact) mass is 395 g/mol. The Hall–Kier alpha value is -1.56. The van der Waals surface area contributed by atoms with Crippen LogP contribution in [-0.4, -0.2) is 31.0 Å². The van der Waals surface area contributed by atoms with Gasteiger partial charge in [0.15, 0.2) is 0 Å². The molecule has 0 fully saturated rings. The van der Waals surface area contributed by atoms with E-state index in [2.05, 4.69) is 22.6 Å². The summed E-state index contributed by atoms with van der Waals surface area (Å²) in [7, 11) is 1.79. The zero-order chi connectivity index (χ0) is 15.2. The van der Waals surface area contributed by atoms with Crippen LogP contribution in [0.3, 0.4) is 0 Å². The highest BCUT2D eigenvalue weighted by Gasteiger charge is 2.11. The number of rotatable bonds is 5. The van der Waals surface area contributed by atoms with Gasteiger partial charge in [0.05, 0.1) is 6.54 Å². The Morgan fingerprint density at radius 1 is 1.19 bits per heavy atom. The van der Waals surface area contributed by atoms with Crippen molar-refractivity contribution >= 4 is 28.5 Å². The van der Waals surface area contributed by atoms with Crippen molar-refractivity contribution in [2.45, 2.75) is 6.92 Å². The van der Waals surface area contributed by atoms with Crippen molar-refractivity contribution in [2.75, 3.05) is 20.2 Å². The lowest BCUT2D eigenvalue weighted by Crippen LogP contribution is -2.30. The lowest BCUT2D eigenvalue weighted by atomic mass is 10.2. The van der Waals surface area contributed by atoms with Gasteiger partial charge in [-0.2, -0.15) is 0 Å². The second-order valence-corrected chi connectivity index (χ2v) is 6.15. The van der Waals surface area contributed by atoms with Gasteiger partial charge in [-0.05, 0) is 65.4 Å². The number of aryl methyl sites for hydroxylation is 1. The van der Waals surface area contributed by atoms with Gasteiger partial charge in [0.25, 0.3) is 5.91 Å². The van der Waals surface area contributed by atoms with E-state index >= 15 is 0 Å². The summed E-state index contributed by atoms with van der Waals surface area (Å²) in [6, 6.07) is 15.5. The van der Waals surface area contributed by atoms with Gasteiger partial charge >= 0.3 is 0 Å². The van der Waals surface area contributed by atoms with Gasteiger partial charge < -0.3 is 9.64 Å². The minimum atomic E-state index is 0.0151. The molecule has 0 aliphatic rings. The van der Waals surface area contributed by atoms with E-state index in [9.17, 15) is 4.79 Å². The molecule has 0 aliphatic heterocycles. The van der Waals surface area contributed by atoms with Crippen molar-refractivity contribution in [3.63, 3.8) is 0 Å². The largest absolute Gasteiger partial charge is 0.492 e. The van der Waals surface area contributed by atoms with Gasteiger partial charge in [0.1, 0.15) is 12.4 Å². The molecule has 21 heavy (non-hydrogen) atoms. The van der Waals surface area contributed by atoms with Crippen LogP contribution >= 0.6 is 22.6 Å². The van der Waals surface area contributed by atoms with E-state index in [0.717, 1.165) is 14.9 Å². The van der Waals surface area contributed by atoms with Crippen LogP contribution in [0.1, 0.15) is 15.9 Å². The predicted octanol–water partition coefficient (Wildman–Crippen LogP) is 3.75. The van der Waals surface area contributed by atoms with Crippen LogP contribution in [0.2, 0.25) is 0 Å². The van der Waals surface area contributed by atoms with Gasteiger partial charge in [-0.15, -0.1) is 0 Å². The second kappa shape index (κ2) is 7.45. The fourth-order valence-electron chi connectivity index (χ4n) is 1.95. The number of hydrogen-bond acceptors (Lipinski definition) is 2. The molecule has 0 N–H and O–H groups in total. The smallest absolute Gasteiger partial charge is 0.253 e. The van der Waals surface area contributed by atoms with Crippen LogP contribution in [0.5, 0.6) is 5.75 Å². The SMILES string of the molecule is Cc1cccc(OCCN(C)C(=O)c2cccc(I)c2)c1. The molecule has 3 nitrogen and oxygen atoms in total. The van der Waals surface area contributed by atoms with E-state index in [1.165, 1.54) is 0 Å². The van der Waals surface area contributed by atoms with Crippen molar-refractivity contribution in [1.29, 1.82) is 0 Å². The van der Waals surface area contributed by atoms with Crippen LogP contribution < -0.4 is 4.74 Å². The van der Waals surface area contributed by atoms with Crippen molar-refractivity contribution in [1.82, 2.24) is 4.90 Å². The van der Waals surface area contributed by atoms with E-state index < -0.39 is 0 Å². The van der Waals surface area contributed by atoms with E-state index in [1.54, 1.807) is 11.9 Å². The second-order valence-electron chi connectivity index (χ2n) is 4.90. The summed E-state index contributed by atoms with van der Waals surface area (Å²) in [6.45, 7) is 3.06. The molecular weight excluding hydrogens is 377 g/mol. The molecule has 0 aliphatic carbocycles. The van der Waals surface area contributed by atoms with Gasteiger partial charge in [0, 0.05) is 16.2 Å². The number of halogens is 1. The maximum absolute atomic E-state index is 12.3. The van der Waals surface area contributed by atoms with Gasteiger partial charge in [0.2, 0.25) is 0 Å². The van der Waals surface area contributed by atoms with Crippen LogP contribution in [-0.2, 0) is 0 Å². The van der Waals surface area contributed by atoms with Gasteiger partial charge in [-0.25, -0.2) is 0 Å². The number of nitrogens with zero attached hydrogens (tertiary/aromatic N) is 1. The molecule has 0 atom stereocenters. The minimum Gasteiger partial charge on any atom is -0.492 e. The van der Waals surface area contributed by atoms with E-state index in [-0.39, 0.29) is 5.91 Å². The number of carbonyl (C=O) groups is 1. The lowest BCUT2D eigenvalue weighted by molar-refractivity contribution is 0.0773. The number of ether oxygens (including phenoxy) is 1. The zero-order valence-electron chi connectivity index (χ0n) is 12.2. The maximum Gasteiger partial charge on any atom is 0.253 e. The highest BCUT2D eigenvalue weighted by Crippen LogP contribution is 2.13. The molecular formula is C17H18INO2. The lowest BCUT2D eigenvalue weighted by Gasteiger charge is -2.17. The first-order chi connectivity index (χ1) is 10.1. The molecule has 0 aromatic heterocycles. The molecule has 0 bridgehead atoms. The zero-order valence-corrected chi connectivity index (χ0v) is 14.3. The molecule has 2 aromatic carbocycles. The maximum atomic E-state index is 12.3. The third-order valence-electron chi connectivity index (χ3n) is 3.10. The van der Waals surface area contributed by atoms with Crippen LogP contribution in [0.4, 0.5) is 0 Å². The Labute approximate surface area is 139 Å². The molecule has 110 valence electrons. The molecule has 0 radical (unpaired) electrons. The summed E-state index contributed by atoms with van der Waals surface area (Å²) >= 11 is 2.21. The van der Waals surface area contributed by atoms with Gasteiger partial charge in [-0.1, -0.05) is 18.2 Å². The topological polar surface area (TPSA) is 29.5 Å². The Morgan fingerprint density at radius 3 is 2.67 bits per heavy atom. The van der Waals surface area contributed by atoms with Crippen molar-refractivity contribution in [3.8, 4) is 5.75 Å². The normalized spacial score (nSPS) is 10.2. The fraction of sp³-hybridized carbons (Fsp3) is 0.235. The first-order valence-corrected chi connectivity index (χ1v) is 7.84. The van der Waals surface area contributed by atoms with E-state index in [1.807, 2.05) is 55.5 Å². The van der Waals surface area contributed by atoms with Crippen LogP contribution in [0, 0.1) is 10.5 Å². The third kappa shape index (κ3) is 4.74. The first-order valence-electron chi connectivity index (χ1n) is 6.77. The summed E-state index contributed by atoms with van der Waals surface area (Å²) in [5, 5.41) is 0. The molecule has 2 rings (SSSR count). The van der Waals surface area contributed by atoms with E-state index in [0.29, 0.717) is 18.7 Å². The molecule has 0 heterocycles. The molecule has 1 amide bonds. The van der Waals surface area contributed by atoms with Crippen LogP contribution in [0.15, 0.2) is 48.5 Å². The summed E-state index contributed by atoms with van der Waals surface area (Å²) in [4.78, 5) is 13.9. The molecule has 0 spiro atoms. The number of benzene rings is 2. The highest BCUT2D eigenvalue weighted by atomic mass is 127. The molecule has 0 saturated carbocycles. The quantitative estimate of drug-likeness (QED) is 0.722. The van der Waals surface area contributed by atoms with Gasteiger partial charge in [-0.3, -0.25) is 4.79 Å². The van der Waals surface area contributed by atoms with E-state index in [4.69, 9.17) is 4.74 Å². The molecule has 0 unspecified atom stereocenters. The highest BCUT2D eigenvalue weighted by molar-refractivity contribution is 14.1. The molecule has 4 heteroatoms. The fourth-order valence-corrected chi connectivity index (χ4v) is 2.49. The van der Waals surface area contributed by atoms with Crippen LogP contribution in [0.25, 0.3) is 0 Å². The Morgan fingerprint density at radius 2 is 1.95 bits per heavy atom. The number of amides is 1. The third-order valence-corrected chi connectivity index (χ3v) is 3.77. The Kier molecular flexibility index (Phi) is 5.61. The number of likely N-dealkylation sites (N-methyl/N-ethyl adjacent to an activating group) is 1. The summed E-state index contributed by atoms with van der Waals surface area (Å²) in [5.74, 6) is 0.853. The average Bonchev–Trinajstić information content (AvgIpc) is 2.46. The predicted molar refractivity (Wildman–Crippen MR) is 92.8 cm³/mol. The number of carbonyl (C=O) groups excluding carboxylic acids is 1. The first kappa shape index (κ1) is 15.8. The van der Waals surface area contributed by atoms with Crippen molar-refractivity contribution < 1.29 is 9.53 Å². The van der Waals surface area contributed by atoms with Crippen molar-refractivity contribution in [3.05, 3.63) is 63.2 Å². The average molecular weight is 395 g/mol. The summed E-state index contributed by atoms with van der Waals surface area (Å²) < 4.78 is 6.73.